The van der Waals surface area contributed by atoms with Crippen LogP contribution < -0.4 is 5.32 Å². The van der Waals surface area contributed by atoms with Gasteiger partial charge in [-0.2, -0.15) is 0 Å². The molecule has 36 heavy (non-hydrogen) atoms. The number of carbonyl (C=O) groups is 2. The Morgan fingerprint density at radius 1 is 1.00 bits per heavy atom. The van der Waals surface area contributed by atoms with E-state index in [1.807, 2.05) is 63.4 Å². The molecule has 0 aliphatic carbocycles. The van der Waals surface area contributed by atoms with Crippen molar-refractivity contribution in [3.8, 4) is 16.9 Å². The molecule has 1 aromatic heterocycles. The number of rotatable bonds is 7. The predicted molar refractivity (Wildman–Crippen MR) is 140 cm³/mol. The number of amides is 2. The number of hydrogen-bond donors (Lipinski definition) is 1. The highest BCUT2D eigenvalue weighted by Crippen LogP contribution is 2.26. The lowest BCUT2D eigenvalue weighted by molar-refractivity contribution is -0.117. The van der Waals surface area contributed by atoms with E-state index in [9.17, 15) is 14.0 Å². The Balaban J connectivity index is 1.61. The van der Waals surface area contributed by atoms with Crippen LogP contribution in [0.4, 0.5) is 10.3 Å². The lowest BCUT2D eigenvalue weighted by atomic mass is 10.1. The first kappa shape index (κ1) is 25.1. The minimum absolute atomic E-state index is 0.190. The summed E-state index contributed by atoms with van der Waals surface area (Å²) in [6.45, 7) is 5.45. The number of anilines is 1. The average Bonchev–Trinajstić information content (AvgIpc) is 3.27. The number of carbonyl (C=O) groups excluding carboxylic acids is 2. The zero-order valence-electron chi connectivity index (χ0n) is 20.2. The van der Waals surface area contributed by atoms with Crippen LogP contribution in [0, 0.1) is 12.7 Å². The third kappa shape index (κ3) is 5.80. The van der Waals surface area contributed by atoms with Crippen LogP contribution in [0.5, 0.6) is 0 Å². The van der Waals surface area contributed by atoms with Crippen molar-refractivity contribution in [2.24, 2.45) is 0 Å². The van der Waals surface area contributed by atoms with Crippen LogP contribution >= 0.6 is 11.6 Å². The largest absolute Gasteiger partial charge is 0.327 e. The smallest absolute Gasteiger partial charge is 0.254 e. The fourth-order valence-corrected chi connectivity index (χ4v) is 3.82. The van der Waals surface area contributed by atoms with E-state index in [0.717, 1.165) is 16.8 Å². The summed E-state index contributed by atoms with van der Waals surface area (Å²) in [7, 11) is 0. The van der Waals surface area contributed by atoms with Crippen LogP contribution in [-0.2, 0) is 4.79 Å². The highest BCUT2D eigenvalue weighted by atomic mass is 35.5. The molecule has 0 saturated carbocycles. The summed E-state index contributed by atoms with van der Waals surface area (Å²) >= 11 is 6.03. The van der Waals surface area contributed by atoms with Crippen molar-refractivity contribution < 1.29 is 14.0 Å². The molecular weight excluding hydrogens is 479 g/mol. The minimum Gasteiger partial charge on any atom is -0.327 e. The van der Waals surface area contributed by atoms with Crippen LogP contribution in [-0.4, -0.2) is 38.9 Å². The molecule has 0 radical (unpaired) electrons. The first-order valence-corrected chi connectivity index (χ1v) is 11.9. The number of nitrogens with one attached hydrogen (secondary N) is 1. The maximum atomic E-state index is 13.3. The van der Waals surface area contributed by atoms with Gasteiger partial charge in [0, 0.05) is 34.1 Å². The number of aromatic nitrogens is 2. The fraction of sp³-hybridized carbons (Fsp3) is 0.179. The van der Waals surface area contributed by atoms with Gasteiger partial charge in [0.2, 0.25) is 11.9 Å². The van der Waals surface area contributed by atoms with Crippen molar-refractivity contribution in [3.05, 3.63) is 101 Å². The first-order chi connectivity index (χ1) is 17.2. The number of aryl methyl sites for hydroxylation is 1. The maximum Gasteiger partial charge on any atom is 0.254 e. The second-order valence-corrected chi connectivity index (χ2v) is 9.18. The minimum atomic E-state index is -0.431. The lowest BCUT2D eigenvalue weighted by Gasteiger charge is -2.26. The van der Waals surface area contributed by atoms with E-state index in [1.54, 1.807) is 16.7 Å². The second kappa shape index (κ2) is 10.7. The Bertz CT molecular complexity index is 1360. The molecule has 4 rings (SSSR count). The van der Waals surface area contributed by atoms with E-state index in [1.165, 1.54) is 29.2 Å². The molecule has 0 fully saturated rings. The molecule has 4 aromatic rings. The zero-order chi connectivity index (χ0) is 25.8. The van der Waals surface area contributed by atoms with E-state index >= 15 is 0 Å². The van der Waals surface area contributed by atoms with Crippen LogP contribution in [0.3, 0.4) is 0 Å². The molecule has 6 nitrogen and oxygen atoms in total. The molecule has 0 atom stereocenters. The molecule has 1 N–H and O–H groups in total. The number of nitrogens with zero attached hydrogens (tertiary/aromatic N) is 3. The van der Waals surface area contributed by atoms with Crippen LogP contribution in [0.2, 0.25) is 5.02 Å². The SMILES string of the molecule is Cc1ccc(-n2cc(-c3ccc(Cl)cc3)nc2NC(=O)CN(C(=O)c2ccc(F)cc2)C(C)C)cc1. The van der Waals surface area contributed by atoms with Gasteiger partial charge in [0.1, 0.15) is 12.4 Å². The van der Waals surface area contributed by atoms with Crippen molar-refractivity contribution in [3.63, 3.8) is 0 Å². The number of hydrogen-bond acceptors (Lipinski definition) is 3. The van der Waals surface area contributed by atoms with Gasteiger partial charge in [0.25, 0.3) is 5.91 Å². The van der Waals surface area contributed by atoms with Gasteiger partial charge in [0.05, 0.1) is 5.69 Å². The second-order valence-electron chi connectivity index (χ2n) is 8.74. The summed E-state index contributed by atoms with van der Waals surface area (Å²) in [5, 5.41) is 3.47. The number of imidazole rings is 1. The number of benzene rings is 3. The van der Waals surface area contributed by atoms with Crippen LogP contribution in [0.1, 0.15) is 29.8 Å². The highest BCUT2D eigenvalue weighted by Gasteiger charge is 2.23. The molecular formula is C28H26ClFN4O2. The molecule has 0 unspecified atom stereocenters. The highest BCUT2D eigenvalue weighted by molar-refractivity contribution is 6.30. The summed E-state index contributed by atoms with van der Waals surface area (Å²) in [4.78, 5) is 32.2. The molecule has 8 heteroatoms. The fourth-order valence-electron chi connectivity index (χ4n) is 3.70. The molecule has 184 valence electrons. The Morgan fingerprint density at radius 3 is 2.25 bits per heavy atom. The maximum absolute atomic E-state index is 13.3. The Hall–Kier alpha value is -3.97. The van der Waals surface area contributed by atoms with Gasteiger partial charge in [-0.25, -0.2) is 9.37 Å². The molecule has 0 saturated heterocycles. The van der Waals surface area contributed by atoms with Crippen LogP contribution in [0.15, 0.2) is 79.0 Å². The molecule has 0 bridgehead atoms. The van der Waals surface area contributed by atoms with Gasteiger partial charge in [-0.3, -0.25) is 19.5 Å². The van der Waals surface area contributed by atoms with Gasteiger partial charge >= 0.3 is 0 Å². The summed E-state index contributed by atoms with van der Waals surface area (Å²) in [5.41, 5.74) is 3.74. The van der Waals surface area contributed by atoms with Gasteiger partial charge in [-0.15, -0.1) is 0 Å². The monoisotopic (exact) mass is 504 g/mol. The summed E-state index contributed by atoms with van der Waals surface area (Å²) < 4.78 is 15.1. The predicted octanol–water partition coefficient (Wildman–Crippen LogP) is 6.13. The van der Waals surface area contributed by atoms with E-state index < -0.39 is 11.7 Å². The Morgan fingerprint density at radius 2 is 1.64 bits per heavy atom. The third-order valence-corrected chi connectivity index (χ3v) is 5.95. The summed E-state index contributed by atoms with van der Waals surface area (Å²) in [6.07, 6.45) is 1.84. The molecule has 0 aliphatic heterocycles. The molecule has 0 spiro atoms. The molecule has 1 heterocycles. The molecule has 2 amide bonds. The molecule has 3 aromatic carbocycles. The van der Waals surface area contributed by atoms with E-state index in [4.69, 9.17) is 11.6 Å². The van der Waals surface area contributed by atoms with Gasteiger partial charge in [-0.1, -0.05) is 41.4 Å². The zero-order valence-corrected chi connectivity index (χ0v) is 21.0. The quantitative estimate of drug-likeness (QED) is 0.329. The normalized spacial score (nSPS) is 10.9. The Kier molecular flexibility index (Phi) is 7.50. The average molecular weight is 505 g/mol. The molecule has 0 aliphatic rings. The van der Waals surface area contributed by atoms with Gasteiger partial charge in [-0.05, 0) is 69.3 Å². The lowest BCUT2D eigenvalue weighted by Crippen LogP contribution is -2.42. The first-order valence-electron chi connectivity index (χ1n) is 11.5. The van der Waals surface area contributed by atoms with E-state index in [0.29, 0.717) is 22.2 Å². The van der Waals surface area contributed by atoms with Crippen LogP contribution in [0.25, 0.3) is 16.9 Å². The van der Waals surface area contributed by atoms with Gasteiger partial charge in [0.15, 0.2) is 0 Å². The Labute approximate surface area is 214 Å². The topological polar surface area (TPSA) is 67.2 Å². The standard InChI is InChI=1S/C28H26ClFN4O2/c1-18(2)33(27(36)21-8-12-23(30)13-9-21)17-26(35)32-28-31-25(20-6-10-22(29)11-7-20)16-34(28)24-14-4-19(3)5-15-24/h4-16,18H,17H2,1-3H3,(H,31,32,35). The third-order valence-electron chi connectivity index (χ3n) is 5.70. The van der Waals surface area contributed by atoms with Crippen molar-refractivity contribution in [1.82, 2.24) is 14.5 Å². The van der Waals surface area contributed by atoms with E-state index in [-0.39, 0.29) is 18.5 Å². The van der Waals surface area contributed by atoms with Gasteiger partial charge < -0.3 is 4.90 Å². The van der Waals surface area contributed by atoms with Crippen molar-refractivity contribution in [2.45, 2.75) is 26.8 Å². The van der Waals surface area contributed by atoms with Crippen molar-refractivity contribution in [1.29, 1.82) is 0 Å². The van der Waals surface area contributed by atoms with E-state index in [2.05, 4.69) is 10.3 Å². The summed E-state index contributed by atoms with van der Waals surface area (Å²) in [6, 6.07) is 20.1. The number of halogens is 2. The van der Waals surface area contributed by atoms with Crippen molar-refractivity contribution in [2.75, 3.05) is 11.9 Å². The van der Waals surface area contributed by atoms with Crippen molar-refractivity contribution >= 4 is 29.4 Å². The summed E-state index contributed by atoms with van der Waals surface area (Å²) in [5.74, 6) is -0.865.